The zero-order valence-corrected chi connectivity index (χ0v) is 10.6. The summed E-state index contributed by atoms with van der Waals surface area (Å²) in [6.45, 7) is 0.782. The molecule has 0 amide bonds. The fraction of sp³-hybridized carbons (Fsp3) is 0.333. The Morgan fingerprint density at radius 2 is 2.16 bits per heavy atom. The molecule has 1 atom stereocenters. The van der Waals surface area contributed by atoms with Gasteiger partial charge in [-0.15, -0.1) is 0 Å². The first kappa shape index (κ1) is 11.9. The van der Waals surface area contributed by atoms with Crippen molar-refractivity contribution >= 4 is 0 Å². The zero-order valence-electron chi connectivity index (χ0n) is 10.6. The number of ether oxygens (including phenoxy) is 1. The highest BCUT2D eigenvalue weighted by molar-refractivity contribution is 5.67. The molecule has 96 valence electrons. The number of nitriles is 1. The lowest BCUT2D eigenvalue weighted by Gasteiger charge is -2.24. The summed E-state index contributed by atoms with van der Waals surface area (Å²) in [7, 11) is 0. The lowest BCUT2D eigenvalue weighted by Crippen LogP contribution is -2.20. The number of nitrogens with zero attached hydrogens (tertiary/aromatic N) is 3. The van der Waals surface area contributed by atoms with Crippen LogP contribution in [0.3, 0.4) is 0 Å². The van der Waals surface area contributed by atoms with Crippen LogP contribution in [0.1, 0.15) is 31.1 Å². The highest BCUT2D eigenvalue weighted by Crippen LogP contribution is 2.29. The predicted octanol–water partition coefficient (Wildman–Crippen LogP) is 3.12. The van der Waals surface area contributed by atoms with E-state index in [2.05, 4.69) is 11.2 Å². The maximum absolute atomic E-state index is 9.21. The van der Waals surface area contributed by atoms with Crippen LogP contribution in [0.5, 0.6) is 0 Å². The van der Waals surface area contributed by atoms with Gasteiger partial charge in [-0.05, 0) is 31.4 Å². The molecule has 0 bridgehead atoms. The smallest absolute Gasteiger partial charge is 0.150 e. The number of aromatic nitrogens is 2. The second-order valence-electron chi connectivity index (χ2n) is 4.64. The first-order valence-corrected chi connectivity index (χ1v) is 6.55. The van der Waals surface area contributed by atoms with Crippen molar-refractivity contribution in [3.8, 4) is 17.3 Å². The molecular formula is C15H15N3O. The van der Waals surface area contributed by atoms with E-state index < -0.39 is 0 Å². The standard InChI is InChI=1S/C15H15N3O/c16-11-12-5-1-2-6-13(12)14-8-9-17-18(14)15-7-3-4-10-19-15/h1-2,5-6,8-9,15H,3-4,7,10H2. The topological polar surface area (TPSA) is 50.8 Å². The Kier molecular flexibility index (Phi) is 3.30. The molecule has 0 spiro atoms. The molecule has 4 nitrogen and oxygen atoms in total. The number of hydrogen-bond acceptors (Lipinski definition) is 3. The van der Waals surface area contributed by atoms with E-state index in [0.29, 0.717) is 5.56 Å². The quantitative estimate of drug-likeness (QED) is 0.826. The van der Waals surface area contributed by atoms with Crippen molar-refractivity contribution in [2.24, 2.45) is 0 Å². The van der Waals surface area contributed by atoms with E-state index in [-0.39, 0.29) is 6.23 Å². The average Bonchev–Trinajstić information content (AvgIpc) is 2.97. The molecule has 1 aromatic heterocycles. The summed E-state index contributed by atoms with van der Waals surface area (Å²) in [4.78, 5) is 0. The summed E-state index contributed by atoms with van der Waals surface area (Å²) >= 11 is 0. The van der Waals surface area contributed by atoms with Gasteiger partial charge in [0.25, 0.3) is 0 Å². The van der Waals surface area contributed by atoms with Crippen LogP contribution in [0.15, 0.2) is 36.5 Å². The van der Waals surface area contributed by atoms with Crippen LogP contribution in [0.4, 0.5) is 0 Å². The molecule has 0 radical (unpaired) electrons. The molecule has 1 aliphatic heterocycles. The Morgan fingerprint density at radius 3 is 2.95 bits per heavy atom. The first-order valence-electron chi connectivity index (χ1n) is 6.55. The average molecular weight is 253 g/mol. The predicted molar refractivity (Wildman–Crippen MR) is 71.2 cm³/mol. The van der Waals surface area contributed by atoms with Gasteiger partial charge in [-0.25, -0.2) is 4.68 Å². The minimum absolute atomic E-state index is 0.00880. The molecule has 0 N–H and O–H groups in total. The van der Waals surface area contributed by atoms with Crippen molar-refractivity contribution in [2.75, 3.05) is 6.61 Å². The van der Waals surface area contributed by atoms with Crippen LogP contribution in [-0.4, -0.2) is 16.4 Å². The van der Waals surface area contributed by atoms with Crippen molar-refractivity contribution < 1.29 is 4.74 Å². The largest absolute Gasteiger partial charge is 0.356 e. The van der Waals surface area contributed by atoms with Gasteiger partial charge in [0.1, 0.15) is 0 Å². The summed E-state index contributed by atoms with van der Waals surface area (Å²) in [5.41, 5.74) is 2.53. The molecule has 0 aliphatic carbocycles. The van der Waals surface area contributed by atoms with Gasteiger partial charge in [0, 0.05) is 18.4 Å². The van der Waals surface area contributed by atoms with E-state index in [0.717, 1.165) is 37.1 Å². The summed E-state index contributed by atoms with van der Waals surface area (Å²) in [6.07, 6.45) is 5.00. The van der Waals surface area contributed by atoms with Gasteiger partial charge in [0.2, 0.25) is 0 Å². The van der Waals surface area contributed by atoms with E-state index in [1.54, 1.807) is 6.20 Å². The van der Waals surface area contributed by atoms with E-state index in [9.17, 15) is 5.26 Å². The van der Waals surface area contributed by atoms with Crippen LogP contribution in [0.2, 0.25) is 0 Å². The monoisotopic (exact) mass is 253 g/mol. The maximum Gasteiger partial charge on any atom is 0.150 e. The molecule has 1 aromatic carbocycles. The van der Waals surface area contributed by atoms with Gasteiger partial charge in [-0.2, -0.15) is 10.4 Å². The minimum atomic E-state index is -0.00880. The van der Waals surface area contributed by atoms with Crippen LogP contribution >= 0.6 is 0 Å². The van der Waals surface area contributed by atoms with E-state index in [4.69, 9.17) is 4.74 Å². The van der Waals surface area contributed by atoms with Crippen molar-refractivity contribution in [3.63, 3.8) is 0 Å². The van der Waals surface area contributed by atoms with Gasteiger partial charge in [0.05, 0.1) is 17.3 Å². The molecule has 3 rings (SSSR count). The van der Waals surface area contributed by atoms with Gasteiger partial charge in [-0.3, -0.25) is 0 Å². The summed E-state index contributed by atoms with van der Waals surface area (Å²) in [5.74, 6) is 0. The highest BCUT2D eigenvalue weighted by atomic mass is 16.5. The third-order valence-electron chi connectivity index (χ3n) is 3.42. The summed E-state index contributed by atoms with van der Waals surface area (Å²) in [6, 6.07) is 11.8. The Morgan fingerprint density at radius 1 is 1.26 bits per heavy atom. The van der Waals surface area contributed by atoms with Crippen LogP contribution in [-0.2, 0) is 4.74 Å². The SMILES string of the molecule is N#Cc1ccccc1-c1ccnn1C1CCCCO1. The second kappa shape index (κ2) is 5.25. The first-order chi connectivity index (χ1) is 9.40. The van der Waals surface area contributed by atoms with E-state index >= 15 is 0 Å². The minimum Gasteiger partial charge on any atom is -0.356 e. The molecule has 1 fully saturated rings. The fourth-order valence-electron chi connectivity index (χ4n) is 2.48. The summed E-state index contributed by atoms with van der Waals surface area (Å²) in [5, 5.41) is 13.6. The Balaban J connectivity index is 2.02. The molecule has 1 aliphatic rings. The molecule has 2 aromatic rings. The second-order valence-corrected chi connectivity index (χ2v) is 4.64. The number of benzene rings is 1. The molecule has 1 unspecified atom stereocenters. The third kappa shape index (κ3) is 2.25. The normalized spacial score (nSPS) is 19.0. The lowest BCUT2D eigenvalue weighted by molar-refractivity contribution is -0.0383. The van der Waals surface area contributed by atoms with Crippen LogP contribution in [0, 0.1) is 11.3 Å². The Labute approximate surface area is 112 Å². The Bertz CT molecular complexity index is 606. The van der Waals surface area contributed by atoms with Crippen LogP contribution < -0.4 is 0 Å². The third-order valence-corrected chi connectivity index (χ3v) is 3.42. The highest BCUT2D eigenvalue weighted by Gasteiger charge is 2.20. The van der Waals surface area contributed by atoms with Gasteiger partial charge in [0.15, 0.2) is 6.23 Å². The zero-order chi connectivity index (χ0) is 13.1. The Hall–Kier alpha value is -2.12. The molecule has 0 saturated carbocycles. The molecule has 19 heavy (non-hydrogen) atoms. The summed E-state index contributed by atoms with van der Waals surface area (Å²) < 4.78 is 7.67. The van der Waals surface area contributed by atoms with Crippen molar-refractivity contribution in [1.29, 1.82) is 5.26 Å². The van der Waals surface area contributed by atoms with Gasteiger partial charge in [-0.1, -0.05) is 18.2 Å². The molecular weight excluding hydrogens is 238 g/mol. The maximum atomic E-state index is 9.21. The fourth-order valence-corrected chi connectivity index (χ4v) is 2.48. The molecule has 4 heteroatoms. The molecule has 2 heterocycles. The van der Waals surface area contributed by atoms with E-state index in [1.807, 2.05) is 35.0 Å². The number of rotatable bonds is 2. The van der Waals surface area contributed by atoms with Crippen LogP contribution in [0.25, 0.3) is 11.3 Å². The lowest BCUT2D eigenvalue weighted by atomic mass is 10.1. The molecule has 1 saturated heterocycles. The number of hydrogen-bond donors (Lipinski definition) is 0. The van der Waals surface area contributed by atoms with Gasteiger partial charge >= 0.3 is 0 Å². The van der Waals surface area contributed by atoms with Crippen molar-refractivity contribution in [1.82, 2.24) is 9.78 Å². The van der Waals surface area contributed by atoms with Crippen molar-refractivity contribution in [3.05, 3.63) is 42.1 Å². The van der Waals surface area contributed by atoms with Gasteiger partial charge < -0.3 is 4.74 Å². The van der Waals surface area contributed by atoms with Crippen molar-refractivity contribution in [2.45, 2.75) is 25.5 Å². The van der Waals surface area contributed by atoms with E-state index in [1.165, 1.54) is 0 Å².